The molecule has 0 saturated carbocycles. The molecule has 0 radical (unpaired) electrons. The molecule has 1 heterocycles. The number of thioether (sulfide) groups is 1. The Kier molecular flexibility index (Phi) is 5.88. The van der Waals surface area contributed by atoms with Gasteiger partial charge in [-0.05, 0) is 39.8 Å². The summed E-state index contributed by atoms with van der Waals surface area (Å²) in [6, 6.07) is 7.83. The second-order valence-electron chi connectivity index (χ2n) is 6.67. The predicted octanol–water partition coefficient (Wildman–Crippen LogP) is 2.39. The zero-order valence-electron chi connectivity index (χ0n) is 14.5. The number of fused-ring (bicyclic) bond motifs is 1. The lowest BCUT2D eigenvalue weighted by Crippen LogP contribution is -2.46. The van der Waals surface area contributed by atoms with Gasteiger partial charge in [-0.25, -0.2) is 4.98 Å². The molecular weight excluding hydrogens is 324 g/mol. The van der Waals surface area contributed by atoms with E-state index in [2.05, 4.69) is 20.6 Å². The van der Waals surface area contributed by atoms with Crippen LogP contribution in [0.1, 0.15) is 38.8 Å². The Labute approximate surface area is 146 Å². The van der Waals surface area contributed by atoms with E-state index in [1.54, 1.807) is 0 Å². The molecule has 2 rings (SSSR count). The fourth-order valence-electron chi connectivity index (χ4n) is 2.14. The molecule has 2 aromatic rings. The van der Waals surface area contributed by atoms with Gasteiger partial charge in [-0.1, -0.05) is 12.1 Å². The van der Waals surface area contributed by atoms with Gasteiger partial charge in [-0.2, -0.15) is 0 Å². The molecule has 3 N–H and O–H groups in total. The van der Waals surface area contributed by atoms with Crippen LogP contribution in [0.5, 0.6) is 0 Å². The average Bonchev–Trinajstić information content (AvgIpc) is 2.93. The highest BCUT2D eigenvalue weighted by Crippen LogP contribution is 2.27. The van der Waals surface area contributed by atoms with Gasteiger partial charge in [0.15, 0.2) is 0 Å². The summed E-state index contributed by atoms with van der Waals surface area (Å²) in [6.45, 7) is 7.70. The summed E-state index contributed by atoms with van der Waals surface area (Å²) in [5.74, 6) is 0.777. The van der Waals surface area contributed by atoms with Crippen molar-refractivity contribution in [2.45, 2.75) is 38.5 Å². The molecule has 1 atom stereocenters. The molecule has 1 aromatic carbocycles. The Bertz CT molecular complexity index is 688. The molecule has 6 nitrogen and oxygen atoms in total. The molecule has 0 aliphatic heterocycles. The molecule has 1 aromatic heterocycles. The van der Waals surface area contributed by atoms with Crippen LogP contribution in [0.15, 0.2) is 24.3 Å². The van der Waals surface area contributed by atoms with E-state index in [1.165, 1.54) is 11.8 Å². The number of nitrogens with zero attached hydrogens (tertiary/aromatic N) is 1. The monoisotopic (exact) mass is 348 g/mol. The molecule has 130 valence electrons. The first-order valence-electron chi connectivity index (χ1n) is 7.88. The summed E-state index contributed by atoms with van der Waals surface area (Å²) in [5.41, 5.74) is 1.61. The molecule has 0 aliphatic rings. The normalized spacial score (nSPS) is 12.8. The van der Waals surface area contributed by atoms with Crippen molar-refractivity contribution in [3.63, 3.8) is 0 Å². The van der Waals surface area contributed by atoms with Gasteiger partial charge < -0.3 is 15.6 Å². The minimum absolute atomic E-state index is 0.00428. The van der Waals surface area contributed by atoms with Gasteiger partial charge in [0.05, 0.1) is 28.6 Å². The lowest BCUT2D eigenvalue weighted by atomic mass is 10.1. The maximum Gasteiger partial charge on any atom is 0.239 e. The summed E-state index contributed by atoms with van der Waals surface area (Å²) >= 11 is 1.48. The van der Waals surface area contributed by atoms with Crippen molar-refractivity contribution >= 4 is 34.6 Å². The number of rotatable bonds is 6. The Balaban J connectivity index is 1.77. The molecule has 24 heavy (non-hydrogen) atoms. The van der Waals surface area contributed by atoms with E-state index < -0.39 is 0 Å². The number of imidazole rings is 1. The smallest absolute Gasteiger partial charge is 0.239 e. The van der Waals surface area contributed by atoms with Crippen molar-refractivity contribution in [1.82, 2.24) is 20.6 Å². The van der Waals surface area contributed by atoms with Gasteiger partial charge in [0.25, 0.3) is 0 Å². The standard InChI is InChI=1S/C17H24N4O2S/c1-11(16-19-12-7-5-6-8-13(12)20-16)24-10-15(23)18-9-14(22)21-17(2,3)4/h5-8,11H,9-10H2,1-4H3,(H,18,23)(H,19,20)(H,21,22)/t11-/m0/s1. The van der Waals surface area contributed by atoms with Crippen LogP contribution in [0.4, 0.5) is 0 Å². The lowest BCUT2D eigenvalue weighted by Gasteiger charge is -2.20. The number of carbonyl (C=O) groups excluding carboxylic acids is 2. The number of H-pyrrole nitrogens is 1. The highest BCUT2D eigenvalue weighted by atomic mass is 32.2. The first-order valence-corrected chi connectivity index (χ1v) is 8.93. The number of nitrogens with one attached hydrogen (secondary N) is 3. The number of carbonyl (C=O) groups is 2. The highest BCUT2D eigenvalue weighted by molar-refractivity contribution is 8.00. The van der Waals surface area contributed by atoms with Crippen molar-refractivity contribution < 1.29 is 9.59 Å². The second kappa shape index (κ2) is 7.70. The molecule has 0 bridgehead atoms. The summed E-state index contributed by atoms with van der Waals surface area (Å²) in [5, 5.41) is 5.50. The van der Waals surface area contributed by atoms with Gasteiger partial charge in [-0.3, -0.25) is 9.59 Å². The molecule has 7 heteroatoms. The fraction of sp³-hybridized carbons (Fsp3) is 0.471. The number of hydrogen-bond acceptors (Lipinski definition) is 4. The van der Waals surface area contributed by atoms with Crippen LogP contribution in [0.25, 0.3) is 11.0 Å². The third-order valence-electron chi connectivity index (χ3n) is 3.22. The quantitative estimate of drug-likeness (QED) is 0.748. The maximum atomic E-state index is 11.9. The first kappa shape index (κ1) is 18.3. The first-order chi connectivity index (χ1) is 11.2. The Hall–Kier alpha value is -2.02. The minimum atomic E-state index is -0.299. The third-order valence-corrected chi connectivity index (χ3v) is 4.37. The second-order valence-corrected chi connectivity index (χ2v) is 8.00. The fourth-order valence-corrected chi connectivity index (χ4v) is 2.91. The van der Waals surface area contributed by atoms with E-state index in [-0.39, 0.29) is 34.9 Å². The molecule has 0 unspecified atom stereocenters. The van der Waals surface area contributed by atoms with Crippen LogP contribution in [-0.4, -0.2) is 39.6 Å². The zero-order chi connectivity index (χ0) is 17.7. The maximum absolute atomic E-state index is 11.9. The van der Waals surface area contributed by atoms with Crippen LogP contribution < -0.4 is 10.6 Å². The average molecular weight is 348 g/mol. The summed E-state index contributed by atoms with van der Waals surface area (Å²) in [7, 11) is 0. The Morgan fingerprint density at radius 1 is 1.25 bits per heavy atom. The number of para-hydroxylation sites is 2. The molecule has 0 saturated heterocycles. The van der Waals surface area contributed by atoms with E-state index in [0.29, 0.717) is 0 Å². The van der Waals surface area contributed by atoms with Crippen LogP contribution in [0, 0.1) is 0 Å². The van der Waals surface area contributed by atoms with Gasteiger partial charge in [-0.15, -0.1) is 11.8 Å². The lowest BCUT2D eigenvalue weighted by molar-refractivity contribution is -0.125. The summed E-state index contributed by atoms with van der Waals surface area (Å²) in [4.78, 5) is 31.4. The minimum Gasteiger partial charge on any atom is -0.350 e. The molecule has 2 amide bonds. The number of aromatic nitrogens is 2. The van der Waals surface area contributed by atoms with Crippen LogP contribution in [0.2, 0.25) is 0 Å². The number of aromatic amines is 1. The summed E-state index contributed by atoms with van der Waals surface area (Å²) in [6.07, 6.45) is 0. The van der Waals surface area contributed by atoms with Crippen molar-refractivity contribution in [1.29, 1.82) is 0 Å². The van der Waals surface area contributed by atoms with Crippen molar-refractivity contribution in [2.24, 2.45) is 0 Å². The number of benzene rings is 1. The Morgan fingerprint density at radius 2 is 1.96 bits per heavy atom. The molecule has 0 spiro atoms. The van der Waals surface area contributed by atoms with Crippen molar-refractivity contribution in [2.75, 3.05) is 12.3 Å². The number of amides is 2. The summed E-state index contributed by atoms with van der Waals surface area (Å²) < 4.78 is 0. The van der Waals surface area contributed by atoms with Crippen LogP contribution in [0.3, 0.4) is 0 Å². The van der Waals surface area contributed by atoms with Gasteiger partial charge >= 0.3 is 0 Å². The van der Waals surface area contributed by atoms with E-state index in [9.17, 15) is 9.59 Å². The van der Waals surface area contributed by atoms with Crippen molar-refractivity contribution in [3.8, 4) is 0 Å². The molecule has 0 fully saturated rings. The van der Waals surface area contributed by atoms with E-state index >= 15 is 0 Å². The SMILES string of the molecule is C[C@H](SCC(=O)NCC(=O)NC(C)(C)C)c1nc2ccccc2[nH]1. The molecule has 0 aliphatic carbocycles. The van der Waals surface area contributed by atoms with E-state index in [0.717, 1.165) is 16.9 Å². The third kappa shape index (κ3) is 5.56. The van der Waals surface area contributed by atoms with E-state index in [4.69, 9.17) is 0 Å². The van der Waals surface area contributed by atoms with Crippen LogP contribution in [-0.2, 0) is 9.59 Å². The van der Waals surface area contributed by atoms with E-state index in [1.807, 2.05) is 52.0 Å². The van der Waals surface area contributed by atoms with Gasteiger partial charge in [0, 0.05) is 5.54 Å². The zero-order valence-corrected chi connectivity index (χ0v) is 15.3. The largest absolute Gasteiger partial charge is 0.350 e. The molecular formula is C17H24N4O2S. The van der Waals surface area contributed by atoms with Gasteiger partial charge in [0.2, 0.25) is 11.8 Å². The van der Waals surface area contributed by atoms with Gasteiger partial charge in [0.1, 0.15) is 5.82 Å². The predicted molar refractivity (Wildman–Crippen MR) is 97.9 cm³/mol. The topological polar surface area (TPSA) is 86.9 Å². The Morgan fingerprint density at radius 3 is 2.62 bits per heavy atom. The number of hydrogen-bond donors (Lipinski definition) is 3. The highest BCUT2D eigenvalue weighted by Gasteiger charge is 2.16. The van der Waals surface area contributed by atoms with Crippen LogP contribution >= 0.6 is 11.8 Å². The van der Waals surface area contributed by atoms with Crippen molar-refractivity contribution in [3.05, 3.63) is 30.1 Å².